The van der Waals surface area contributed by atoms with Crippen LogP contribution in [0.5, 0.6) is 0 Å². The fourth-order valence-electron chi connectivity index (χ4n) is 1.15. The van der Waals surface area contributed by atoms with Gasteiger partial charge >= 0.3 is 6.03 Å². The molecule has 0 aliphatic carbocycles. The Morgan fingerprint density at radius 3 is 2.64 bits per heavy atom. The number of benzene rings is 1. The van der Waals surface area contributed by atoms with E-state index in [0.717, 1.165) is 5.56 Å². The van der Waals surface area contributed by atoms with E-state index < -0.39 is 0 Å². The van der Waals surface area contributed by atoms with Crippen molar-refractivity contribution in [3.8, 4) is 0 Å². The summed E-state index contributed by atoms with van der Waals surface area (Å²) >= 11 is 0. The van der Waals surface area contributed by atoms with Crippen LogP contribution in [0.2, 0.25) is 0 Å². The van der Waals surface area contributed by atoms with E-state index in [9.17, 15) is 4.79 Å². The maximum absolute atomic E-state index is 10.8. The maximum Gasteiger partial charge on any atom is 0.329 e. The van der Waals surface area contributed by atoms with Crippen molar-refractivity contribution in [2.75, 3.05) is 0 Å². The number of hydrogen-bond acceptors (Lipinski definition) is 2. The van der Waals surface area contributed by atoms with Crippen LogP contribution in [0.15, 0.2) is 18.2 Å². The first kappa shape index (κ1) is 10.5. The van der Waals surface area contributed by atoms with Gasteiger partial charge in [-0.05, 0) is 30.5 Å². The lowest BCUT2D eigenvalue weighted by Gasteiger charge is -2.06. The van der Waals surface area contributed by atoms with Gasteiger partial charge in [-0.25, -0.2) is 10.6 Å². The molecule has 0 saturated carbocycles. The normalized spacial score (nSPS) is 9.64. The lowest BCUT2D eigenvalue weighted by molar-refractivity contribution is 0.241. The van der Waals surface area contributed by atoms with Crippen molar-refractivity contribution in [2.24, 2.45) is 5.84 Å². The number of amides is 2. The van der Waals surface area contributed by atoms with E-state index in [0.29, 0.717) is 6.54 Å². The maximum atomic E-state index is 10.8. The minimum absolute atomic E-state index is 0.372. The van der Waals surface area contributed by atoms with E-state index >= 15 is 0 Å². The summed E-state index contributed by atoms with van der Waals surface area (Å²) in [6.45, 7) is 4.59. The summed E-state index contributed by atoms with van der Waals surface area (Å²) in [4.78, 5) is 10.8. The van der Waals surface area contributed by atoms with Crippen molar-refractivity contribution in [1.29, 1.82) is 0 Å². The summed E-state index contributed by atoms with van der Waals surface area (Å²) in [5, 5.41) is 2.62. The molecule has 0 saturated heterocycles. The van der Waals surface area contributed by atoms with E-state index in [2.05, 4.69) is 12.2 Å². The van der Waals surface area contributed by atoms with Crippen molar-refractivity contribution in [2.45, 2.75) is 20.4 Å². The van der Waals surface area contributed by atoms with Gasteiger partial charge in [0, 0.05) is 6.54 Å². The second-order valence-electron chi connectivity index (χ2n) is 3.25. The van der Waals surface area contributed by atoms with E-state index in [1.165, 1.54) is 11.1 Å². The molecule has 1 rings (SSSR count). The average molecular weight is 193 g/mol. The van der Waals surface area contributed by atoms with Gasteiger partial charge in [-0.1, -0.05) is 18.2 Å². The number of carbonyl (C=O) groups is 1. The Morgan fingerprint density at radius 1 is 1.36 bits per heavy atom. The smallest absolute Gasteiger partial charge is 0.329 e. The lowest BCUT2D eigenvalue weighted by Crippen LogP contribution is -2.39. The topological polar surface area (TPSA) is 67.2 Å². The Morgan fingerprint density at radius 2 is 2.07 bits per heavy atom. The molecule has 0 fully saturated rings. The molecule has 76 valence electrons. The molecule has 0 spiro atoms. The van der Waals surface area contributed by atoms with Crippen LogP contribution in [0.25, 0.3) is 0 Å². The van der Waals surface area contributed by atoms with Crippen molar-refractivity contribution in [3.05, 3.63) is 34.9 Å². The summed E-state index contributed by atoms with van der Waals surface area (Å²) in [7, 11) is 0. The fraction of sp³-hybridized carbons (Fsp3) is 0.300. The SMILES string of the molecule is Cc1ccc(CNC(=O)NN)cc1C. The zero-order chi connectivity index (χ0) is 10.6. The molecule has 14 heavy (non-hydrogen) atoms. The van der Waals surface area contributed by atoms with Gasteiger partial charge in [0.25, 0.3) is 0 Å². The quantitative estimate of drug-likeness (QED) is 0.372. The molecule has 0 heterocycles. The molecule has 4 heteroatoms. The first-order chi connectivity index (χ1) is 6.63. The highest BCUT2D eigenvalue weighted by molar-refractivity contribution is 5.73. The zero-order valence-corrected chi connectivity index (χ0v) is 8.42. The summed E-state index contributed by atoms with van der Waals surface area (Å²) in [5.41, 5.74) is 5.54. The Balaban J connectivity index is 2.60. The van der Waals surface area contributed by atoms with E-state index in [1.807, 2.05) is 30.5 Å². The Bertz CT molecular complexity index is 336. The summed E-state index contributed by atoms with van der Waals surface area (Å²) < 4.78 is 0. The highest BCUT2D eigenvalue weighted by Crippen LogP contribution is 2.09. The van der Waals surface area contributed by atoms with Crippen LogP contribution in [-0.2, 0) is 6.54 Å². The van der Waals surface area contributed by atoms with Crippen LogP contribution in [0.3, 0.4) is 0 Å². The van der Waals surface area contributed by atoms with Crippen LogP contribution >= 0.6 is 0 Å². The molecule has 0 unspecified atom stereocenters. The summed E-state index contributed by atoms with van der Waals surface area (Å²) in [5.74, 6) is 4.93. The molecule has 0 bridgehead atoms. The van der Waals surface area contributed by atoms with Gasteiger partial charge in [-0.3, -0.25) is 5.43 Å². The first-order valence-corrected chi connectivity index (χ1v) is 4.44. The van der Waals surface area contributed by atoms with Gasteiger partial charge in [-0.2, -0.15) is 0 Å². The van der Waals surface area contributed by atoms with E-state index in [-0.39, 0.29) is 6.03 Å². The molecule has 1 aromatic rings. The average Bonchev–Trinajstić information content (AvgIpc) is 2.19. The number of aryl methyl sites for hydroxylation is 2. The molecular formula is C10H15N3O. The molecule has 0 atom stereocenters. The minimum Gasteiger partial charge on any atom is -0.333 e. The third-order valence-corrected chi connectivity index (χ3v) is 2.16. The van der Waals surface area contributed by atoms with Crippen LogP contribution in [0, 0.1) is 13.8 Å². The summed E-state index contributed by atoms with van der Waals surface area (Å²) in [6, 6.07) is 5.70. The van der Waals surface area contributed by atoms with Gasteiger partial charge in [0.1, 0.15) is 0 Å². The molecule has 0 aliphatic heterocycles. The van der Waals surface area contributed by atoms with Crippen molar-refractivity contribution >= 4 is 6.03 Å². The van der Waals surface area contributed by atoms with Gasteiger partial charge in [0.15, 0.2) is 0 Å². The molecule has 0 aromatic heterocycles. The molecule has 4 nitrogen and oxygen atoms in total. The number of nitrogens with two attached hydrogens (primary N) is 1. The lowest BCUT2D eigenvalue weighted by atomic mass is 10.1. The number of urea groups is 1. The molecule has 2 amide bonds. The number of hydrogen-bond donors (Lipinski definition) is 3. The third kappa shape index (κ3) is 2.74. The van der Waals surface area contributed by atoms with Gasteiger partial charge in [0.05, 0.1) is 0 Å². The molecule has 4 N–H and O–H groups in total. The van der Waals surface area contributed by atoms with Gasteiger partial charge in [-0.15, -0.1) is 0 Å². The highest BCUT2D eigenvalue weighted by Gasteiger charge is 1.98. The number of hydrazine groups is 1. The van der Waals surface area contributed by atoms with Crippen molar-refractivity contribution < 1.29 is 4.79 Å². The monoisotopic (exact) mass is 193 g/mol. The van der Waals surface area contributed by atoms with Crippen LogP contribution in [-0.4, -0.2) is 6.03 Å². The Kier molecular flexibility index (Phi) is 3.48. The van der Waals surface area contributed by atoms with Crippen molar-refractivity contribution in [3.63, 3.8) is 0 Å². The zero-order valence-electron chi connectivity index (χ0n) is 8.42. The Labute approximate surface area is 83.5 Å². The van der Waals surface area contributed by atoms with Gasteiger partial charge in [0.2, 0.25) is 0 Å². The van der Waals surface area contributed by atoms with Crippen LogP contribution < -0.4 is 16.6 Å². The first-order valence-electron chi connectivity index (χ1n) is 4.44. The largest absolute Gasteiger partial charge is 0.333 e. The molecule has 1 aromatic carbocycles. The molecule has 0 aliphatic rings. The predicted molar refractivity (Wildman–Crippen MR) is 55.5 cm³/mol. The standard InChI is InChI=1S/C10H15N3O/c1-7-3-4-9(5-8(7)2)6-12-10(14)13-11/h3-5H,6,11H2,1-2H3,(H2,12,13,14). The third-order valence-electron chi connectivity index (χ3n) is 2.16. The number of nitrogens with one attached hydrogen (secondary N) is 2. The van der Waals surface area contributed by atoms with Crippen LogP contribution in [0.1, 0.15) is 16.7 Å². The highest BCUT2D eigenvalue weighted by atomic mass is 16.2. The van der Waals surface area contributed by atoms with Gasteiger partial charge < -0.3 is 5.32 Å². The number of rotatable bonds is 2. The van der Waals surface area contributed by atoms with Crippen LogP contribution in [0.4, 0.5) is 4.79 Å². The van der Waals surface area contributed by atoms with E-state index in [1.54, 1.807) is 0 Å². The molecule has 0 radical (unpaired) electrons. The summed E-state index contributed by atoms with van der Waals surface area (Å²) in [6.07, 6.45) is 0. The fourth-order valence-corrected chi connectivity index (χ4v) is 1.15. The molecular weight excluding hydrogens is 178 g/mol. The Hall–Kier alpha value is -1.55. The number of carbonyl (C=O) groups excluding carboxylic acids is 1. The van der Waals surface area contributed by atoms with Crippen molar-refractivity contribution in [1.82, 2.24) is 10.7 Å². The minimum atomic E-state index is -0.372. The van der Waals surface area contributed by atoms with E-state index in [4.69, 9.17) is 5.84 Å². The second-order valence-corrected chi connectivity index (χ2v) is 3.25. The second kappa shape index (κ2) is 4.62. The predicted octanol–water partition coefficient (Wildman–Crippen LogP) is 0.976.